The fourth-order valence-electron chi connectivity index (χ4n) is 3.41. The van der Waals surface area contributed by atoms with Gasteiger partial charge in [-0.05, 0) is 37.0 Å². The number of hydrogen-bond donors (Lipinski definition) is 0. The van der Waals surface area contributed by atoms with Gasteiger partial charge in [0, 0.05) is 26.5 Å². The lowest BCUT2D eigenvalue weighted by atomic mass is 10.1. The van der Waals surface area contributed by atoms with Crippen molar-refractivity contribution in [2.45, 2.75) is 38.7 Å². The molecule has 4 heterocycles. The zero-order chi connectivity index (χ0) is 17.9. The average Bonchev–Trinajstić information content (AvgIpc) is 3.14. The molecule has 0 spiro atoms. The summed E-state index contributed by atoms with van der Waals surface area (Å²) in [5.74, 6) is 0.970. The molecule has 3 aromatic heterocycles. The third-order valence-electron chi connectivity index (χ3n) is 4.89. The Morgan fingerprint density at radius 2 is 2.23 bits per heavy atom. The number of aromatic nitrogens is 3. The van der Waals surface area contributed by atoms with Gasteiger partial charge in [0.2, 0.25) is 0 Å². The lowest BCUT2D eigenvalue weighted by molar-refractivity contribution is 0.0210. The van der Waals surface area contributed by atoms with E-state index in [2.05, 4.69) is 40.6 Å². The summed E-state index contributed by atoms with van der Waals surface area (Å²) in [4.78, 5) is 10.4. The number of unbranched alkanes of at least 4 members (excludes halogenated alkanes) is 1. The van der Waals surface area contributed by atoms with Crippen LogP contribution in [0.5, 0.6) is 0 Å². The van der Waals surface area contributed by atoms with Gasteiger partial charge >= 0.3 is 0 Å². The second-order valence-electron chi connectivity index (χ2n) is 6.75. The lowest BCUT2D eigenvalue weighted by Gasteiger charge is -2.15. The van der Waals surface area contributed by atoms with E-state index in [0.717, 1.165) is 48.0 Å². The van der Waals surface area contributed by atoms with Gasteiger partial charge in [-0.15, -0.1) is 11.3 Å². The first kappa shape index (κ1) is 17.6. The Labute approximate surface area is 158 Å². The van der Waals surface area contributed by atoms with Crippen LogP contribution in [0.3, 0.4) is 0 Å². The van der Waals surface area contributed by atoms with E-state index in [4.69, 9.17) is 9.47 Å². The standard InChI is InChI=1S/C20H25N3O2S/c1-3-4-6-14-7-8-21-15-11-18(26-19(14)15)20-22-12-16(23(20)2)17-13-24-9-5-10-25-17/h7-8,11-12,17H,3-6,9-10,13H2,1-2H3. The molecule has 0 N–H and O–H groups in total. The molecule has 1 aliphatic heterocycles. The molecule has 5 nitrogen and oxygen atoms in total. The highest BCUT2D eigenvalue weighted by molar-refractivity contribution is 7.22. The van der Waals surface area contributed by atoms with Gasteiger partial charge in [0.05, 0.1) is 33.6 Å². The van der Waals surface area contributed by atoms with Gasteiger partial charge in [0.25, 0.3) is 0 Å². The van der Waals surface area contributed by atoms with Crippen LogP contribution in [-0.4, -0.2) is 34.4 Å². The number of nitrogens with zero attached hydrogens (tertiary/aromatic N) is 3. The predicted octanol–water partition coefficient (Wildman–Crippen LogP) is 4.52. The minimum atomic E-state index is -0.0450. The molecular weight excluding hydrogens is 346 g/mol. The minimum absolute atomic E-state index is 0.0450. The van der Waals surface area contributed by atoms with Crippen LogP contribution in [0.15, 0.2) is 24.5 Å². The SMILES string of the molecule is CCCCc1ccnc2cc(-c3ncc(C4COCCCO4)n3C)sc12. The van der Waals surface area contributed by atoms with Crippen LogP contribution in [0.1, 0.15) is 43.5 Å². The van der Waals surface area contributed by atoms with Gasteiger partial charge in [-0.2, -0.15) is 0 Å². The monoisotopic (exact) mass is 371 g/mol. The topological polar surface area (TPSA) is 49.2 Å². The summed E-state index contributed by atoms with van der Waals surface area (Å²) in [6.45, 7) is 4.32. The van der Waals surface area contributed by atoms with Crippen LogP contribution in [-0.2, 0) is 22.9 Å². The number of rotatable bonds is 5. The highest BCUT2D eigenvalue weighted by Crippen LogP contribution is 2.35. The van der Waals surface area contributed by atoms with Gasteiger partial charge in [-0.1, -0.05) is 13.3 Å². The van der Waals surface area contributed by atoms with Crippen LogP contribution in [0.25, 0.3) is 20.9 Å². The van der Waals surface area contributed by atoms with E-state index in [0.29, 0.717) is 6.61 Å². The number of ether oxygens (including phenoxy) is 2. The molecule has 0 amide bonds. The number of hydrogen-bond acceptors (Lipinski definition) is 5. The van der Waals surface area contributed by atoms with E-state index < -0.39 is 0 Å². The maximum atomic E-state index is 5.95. The first-order valence-electron chi connectivity index (χ1n) is 9.36. The molecule has 0 saturated carbocycles. The first-order chi connectivity index (χ1) is 12.8. The molecule has 1 aliphatic rings. The Bertz CT molecular complexity index is 878. The van der Waals surface area contributed by atoms with Crippen LogP contribution < -0.4 is 0 Å². The lowest BCUT2D eigenvalue weighted by Crippen LogP contribution is -2.12. The van der Waals surface area contributed by atoms with Gasteiger partial charge in [-0.25, -0.2) is 4.98 Å². The number of imidazole rings is 1. The number of thiophene rings is 1. The Morgan fingerprint density at radius 3 is 3.12 bits per heavy atom. The molecule has 1 fully saturated rings. The Hall–Kier alpha value is -1.76. The Morgan fingerprint density at radius 1 is 1.31 bits per heavy atom. The summed E-state index contributed by atoms with van der Waals surface area (Å²) in [6.07, 6.45) is 8.26. The summed E-state index contributed by atoms with van der Waals surface area (Å²) >= 11 is 1.79. The van der Waals surface area contributed by atoms with Crippen molar-refractivity contribution in [2.24, 2.45) is 7.05 Å². The summed E-state index contributed by atoms with van der Waals surface area (Å²) in [6, 6.07) is 4.31. The summed E-state index contributed by atoms with van der Waals surface area (Å²) in [5.41, 5.74) is 3.53. The summed E-state index contributed by atoms with van der Waals surface area (Å²) < 4.78 is 15.0. The first-order valence-corrected chi connectivity index (χ1v) is 10.2. The van der Waals surface area contributed by atoms with Crippen molar-refractivity contribution < 1.29 is 9.47 Å². The molecule has 0 aliphatic carbocycles. The van der Waals surface area contributed by atoms with E-state index in [1.54, 1.807) is 11.3 Å². The highest BCUT2D eigenvalue weighted by Gasteiger charge is 2.22. The molecule has 138 valence electrons. The van der Waals surface area contributed by atoms with Crippen molar-refractivity contribution in [1.29, 1.82) is 0 Å². The molecule has 1 atom stereocenters. The quantitative estimate of drug-likeness (QED) is 0.662. The van der Waals surface area contributed by atoms with Gasteiger partial charge in [0.1, 0.15) is 11.9 Å². The summed E-state index contributed by atoms with van der Waals surface area (Å²) in [7, 11) is 2.06. The maximum Gasteiger partial charge on any atom is 0.150 e. The minimum Gasteiger partial charge on any atom is -0.378 e. The van der Waals surface area contributed by atoms with E-state index in [1.807, 2.05) is 12.4 Å². The van der Waals surface area contributed by atoms with Crippen LogP contribution in [0.4, 0.5) is 0 Å². The molecule has 0 bridgehead atoms. The molecule has 4 rings (SSSR count). The van der Waals surface area contributed by atoms with E-state index in [-0.39, 0.29) is 6.10 Å². The van der Waals surface area contributed by atoms with Crippen molar-refractivity contribution in [2.75, 3.05) is 19.8 Å². The highest BCUT2D eigenvalue weighted by atomic mass is 32.1. The molecule has 1 unspecified atom stereocenters. The molecular formula is C20H25N3O2S. The third-order valence-corrected chi connectivity index (χ3v) is 6.08. The number of aryl methyl sites for hydroxylation is 1. The zero-order valence-corrected chi connectivity index (χ0v) is 16.2. The van der Waals surface area contributed by atoms with Crippen molar-refractivity contribution in [3.05, 3.63) is 35.8 Å². The molecule has 0 radical (unpaired) electrons. The van der Waals surface area contributed by atoms with Crippen molar-refractivity contribution in [3.63, 3.8) is 0 Å². The number of pyridine rings is 1. The molecule has 3 aromatic rings. The Kier molecular flexibility index (Phi) is 5.33. The zero-order valence-electron chi connectivity index (χ0n) is 15.4. The van der Waals surface area contributed by atoms with Crippen molar-refractivity contribution >= 4 is 21.6 Å². The largest absolute Gasteiger partial charge is 0.378 e. The van der Waals surface area contributed by atoms with Crippen LogP contribution in [0.2, 0.25) is 0 Å². The second-order valence-corrected chi connectivity index (χ2v) is 7.80. The average molecular weight is 372 g/mol. The van der Waals surface area contributed by atoms with E-state index in [9.17, 15) is 0 Å². The predicted molar refractivity (Wildman–Crippen MR) is 105 cm³/mol. The molecule has 1 saturated heterocycles. The van der Waals surface area contributed by atoms with E-state index in [1.165, 1.54) is 23.1 Å². The molecule has 6 heteroatoms. The fourth-order valence-corrected chi connectivity index (χ4v) is 4.60. The Balaban J connectivity index is 1.67. The van der Waals surface area contributed by atoms with Crippen LogP contribution in [0, 0.1) is 0 Å². The summed E-state index contributed by atoms with van der Waals surface area (Å²) in [5, 5.41) is 0. The molecule has 26 heavy (non-hydrogen) atoms. The van der Waals surface area contributed by atoms with Gasteiger partial charge in [0.15, 0.2) is 0 Å². The van der Waals surface area contributed by atoms with Gasteiger partial charge in [-0.3, -0.25) is 4.98 Å². The van der Waals surface area contributed by atoms with E-state index >= 15 is 0 Å². The van der Waals surface area contributed by atoms with Crippen LogP contribution >= 0.6 is 11.3 Å². The van der Waals surface area contributed by atoms with Crippen molar-refractivity contribution in [3.8, 4) is 10.7 Å². The normalized spacial score (nSPS) is 18.3. The third kappa shape index (κ3) is 3.41. The number of fused-ring (bicyclic) bond motifs is 1. The second kappa shape index (κ2) is 7.86. The van der Waals surface area contributed by atoms with Gasteiger partial charge < -0.3 is 14.0 Å². The van der Waals surface area contributed by atoms with Crippen molar-refractivity contribution in [1.82, 2.24) is 14.5 Å². The maximum absolute atomic E-state index is 5.95. The smallest absolute Gasteiger partial charge is 0.150 e. The fraction of sp³-hybridized carbons (Fsp3) is 0.500. The molecule has 0 aromatic carbocycles.